The number of aryl methyl sites for hydroxylation is 2. The Morgan fingerprint density at radius 2 is 1.87 bits per heavy atom. The molecule has 3 heterocycles. The SMILES string of the molecule is Cc1cc(C)nc(-c2csc(NC(=O)c3ccc(=O)n(-c4ccccc4Cl)c3)n2)c1. The van der Waals surface area contributed by atoms with Crippen molar-refractivity contribution in [3.63, 3.8) is 0 Å². The predicted octanol–water partition coefficient (Wildman–Crippen LogP) is 4.88. The fraction of sp³-hybridized carbons (Fsp3) is 0.0909. The van der Waals surface area contributed by atoms with Crippen molar-refractivity contribution in [3.8, 4) is 17.1 Å². The third-order valence-electron chi connectivity index (χ3n) is 4.37. The molecule has 0 aliphatic rings. The third kappa shape index (κ3) is 4.17. The van der Waals surface area contributed by atoms with Crippen molar-refractivity contribution in [1.29, 1.82) is 0 Å². The Morgan fingerprint density at radius 3 is 2.63 bits per heavy atom. The number of carbonyl (C=O) groups excluding carboxylic acids is 1. The Bertz CT molecular complexity index is 1290. The molecular weight excluding hydrogens is 420 g/mol. The van der Waals surface area contributed by atoms with E-state index < -0.39 is 0 Å². The summed E-state index contributed by atoms with van der Waals surface area (Å²) in [6.45, 7) is 3.93. The second kappa shape index (κ2) is 8.22. The number of anilines is 1. The van der Waals surface area contributed by atoms with E-state index in [9.17, 15) is 9.59 Å². The number of hydrogen-bond donors (Lipinski definition) is 1. The van der Waals surface area contributed by atoms with Crippen LogP contribution in [0.4, 0.5) is 5.13 Å². The number of carbonyl (C=O) groups is 1. The number of hydrogen-bond acceptors (Lipinski definition) is 5. The number of pyridine rings is 2. The van der Waals surface area contributed by atoms with Gasteiger partial charge in [-0.3, -0.25) is 24.5 Å². The number of rotatable bonds is 4. The highest BCUT2D eigenvalue weighted by Crippen LogP contribution is 2.25. The molecule has 8 heteroatoms. The Kier molecular flexibility index (Phi) is 5.48. The summed E-state index contributed by atoms with van der Waals surface area (Å²) < 4.78 is 1.35. The van der Waals surface area contributed by atoms with E-state index >= 15 is 0 Å². The highest BCUT2D eigenvalue weighted by Gasteiger charge is 2.13. The predicted molar refractivity (Wildman–Crippen MR) is 120 cm³/mol. The largest absolute Gasteiger partial charge is 0.298 e. The molecule has 3 aromatic heterocycles. The molecule has 1 amide bonds. The minimum atomic E-state index is -0.370. The lowest BCUT2D eigenvalue weighted by Gasteiger charge is -2.09. The van der Waals surface area contributed by atoms with Crippen molar-refractivity contribution < 1.29 is 4.79 Å². The van der Waals surface area contributed by atoms with Crippen LogP contribution in [0.25, 0.3) is 17.1 Å². The maximum Gasteiger partial charge on any atom is 0.258 e. The lowest BCUT2D eigenvalue weighted by Crippen LogP contribution is -2.21. The fourth-order valence-corrected chi connectivity index (χ4v) is 3.97. The maximum absolute atomic E-state index is 12.7. The Balaban J connectivity index is 1.59. The van der Waals surface area contributed by atoms with E-state index in [-0.39, 0.29) is 11.5 Å². The summed E-state index contributed by atoms with van der Waals surface area (Å²) in [6.07, 6.45) is 1.47. The number of thiazole rings is 1. The molecule has 0 bridgehead atoms. The van der Waals surface area contributed by atoms with Gasteiger partial charge >= 0.3 is 0 Å². The van der Waals surface area contributed by atoms with Gasteiger partial charge < -0.3 is 0 Å². The van der Waals surface area contributed by atoms with Crippen LogP contribution in [0.1, 0.15) is 21.6 Å². The van der Waals surface area contributed by atoms with E-state index in [1.54, 1.807) is 24.3 Å². The van der Waals surface area contributed by atoms with E-state index in [1.165, 1.54) is 34.2 Å². The van der Waals surface area contributed by atoms with Crippen molar-refractivity contribution in [2.45, 2.75) is 13.8 Å². The van der Waals surface area contributed by atoms with Crippen LogP contribution in [0, 0.1) is 13.8 Å². The first-order valence-electron chi connectivity index (χ1n) is 9.11. The standard InChI is InChI=1S/C22H17ClN4O2S/c1-13-9-14(2)24-17(10-13)18-12-30-22(25-18)26-21(29)15-7-8-20(28)27(11-15)19-6-4-3-5-16(19)23/h3-12H,1-2H3,(H,25,26,29). The van der Waals surface area contributed by atoms with Gasteiger partial charge in [-0.2, -0.15) is 0 Å². The molecule has 4 aromatic rings. The summed E-state index contributed by atoms with van der Waals surface area (Å²) >= 11 is 7.51. The van der Waals surface area contributed by atoms with Gasteiger partial charge in [0.05, 0.1) is 22.0 Å². The normalized spacial score (nSPS) is 10.8. The number of amides is 1. The molecule has 1 aromatic carbocycles. The smallest absolute Gasteiger partial charge is 0.258 e. The molecule has 0 aliphatic carbocycles. The number of nitrogens with zero attached hydrogens (tertiary/aromatic N) is 3. The van der Waals surface area contributed by atoms with Gasteiger partial charge in [-0.1, -0.05) is 23.7 Å². The van der Waals surface area contributed by atoms with Crippen molar-refractivity contribution in [2.75, 3.05) is 5.32 Å². The molecule has 0 saturated carbocycles. The summed E-state index contributed by atoms with van der Waals surface area (Å²) in [7, 11) is 0. The minimum absolute atomic E-state index is 0.280. The first-order chi connectivity index (χ1) is 14.4. The lowest BCUT2D eigenvalue weighted by molar-refractivity contribution is 0.102. The molecule has 0 fully saturated rings. The van der Waals surface area contributed by atoms with Gasteiger partial charge in [-0.05, 0) is 49.7 Å². The van der Waals surface area contributed by atoms with E-state index in [0.717, 1.165) is 17.0 Å². The zero-order valence-electron chi connectivity index (χ0n) is 16.2. The van der Waals surface area contributed by atoms with Crippen molar-refractivity contribution in [1.82, 2.24) is 14.5 Å². The first-order valence-corrected chi connectivity index (χ1v) is 10.4. The van der Waals surface area contributed by atoms with Crippen molar-refractivity contribution >= 4 is 34.0 Å². The van der Waals surface area contributed by atoms with E-state index in [2.05, 4.69) is 15.3 Å². The summed E-state index contributed by atoms with van der Waals surface area (Å²) in [4.78, 5) is 34.0. The van der Waals surface area contributed by atoms with Gasteiger partial charge in [0.1, 0.15) is 5.69 Å². The lowest BCUT2D eigenvalue weighted by atomic mass is 10.2. The average molecular weight is 437 g/mol. The molecule has 0 saturated heterocycles. The van der Waals surface area contributed by atoms with Crippen molar-refractivity contribution in [3.05, 3.63) is 92.3 Å². The van der Waals surface area contributed by atoms with Gasteiger partial charge in [0.2, 0.25) is 0 Å². The second-order valence-electron chi connectivity index (χ2n) is 6.74. The zero-order valence-corrected chi connectivity index (χ0v) is 17.8. The molecule has 4 rings (SSSR count). The molecule has 30 heavy (non-hydrogen) atoms. The fourth-order valence-electron chi connectivity index (χ4n) is 3.05. The zero-order chi connectivity index (χ0) is 21.3. The maximum atomic E-state index is 12.7. The van der Waals surface area contributed by atoms with Gasteiger partial charge in [0, 0.05) is 23.3 Å². The number of para-hydroxylation sites is 1. The van der Waals surface area contributed by atoms with Gasteiger partial charge in [-0.15, -0.1) is 11.3 Å². The van der Waals surface area contributed by atoms with E-state index in [1.807, 2.05) is 31.4 Å². The Morgan fingerprint density at radius 1 is 1.07 bits per heavy atom. The van der Waals surface area contributed by atoms with Crippen LogP contribution in [0.3, 0.4) is 0 Å². The van der Waals surface area contributed by atoms with Crippen LogP contribution < -0.4 is 10.9 Å². The van der Waals surface area contributed by atoms with Crippen LogP contribution in [0.5, 0.6) is 0 Å². The molecule has 1 N–H and O–H groups in total. The van der Waals surface area contributed by atoms with Crippen molar-refractivity contribution in [2.24, 2.45) is 0 Å². The molecule has 0 radical (unpaired) electrons. The number of benzene rings is 1. The monoisotopic (exact) mass is 436 g/mol. The Hall–Kier alpha value is -3.29. The molecule has 0 unspecified atom stereocenters. The van der Waals surface area contributed by atoms with Gasteiger partial charge in [0.15, 0.2) is 5.13 Å². The molecule has 6 nitrogen and oxygen atoms in total. The third-order valence-corrected chi connectivity index (χ3v) is 5.45. The second-order valence-corrected chi connectivity index (χ2v) is 8.01. The number of halogens is 1. The van der Waals surface area contributed by atoms with Gasteiger partial charge in [0.25, 0.3) is 11.5 Å². The number of nitrogens with one attached hydrogen (secondary N) is 1. The molecule has 0 atom stereocenters. The minimum Gasteiger partial charge on any atom is -0.298 e. The summed E-state index contributed by atoms with van der Waals surface area (Å²) in [5, 5.41) is 5.50. The average Bonchev–Trinajstić information content (AvgIpc) is 3.17. The molecular formula is C22H17ClN4O2S. The number of aromatic nitrogens is 3. The first kappa shape index (κ1) is 20.0. The molecule has 0 spiro atoms. The van der Waals surface area contributed by atoms with Crippen LogP contribution in [-0.2, 0) is 0 Å². The molecule has 150 valence electrons. The van der Waals surface area contributed by atoms with E-state index in [0.29, 0.717) is 27.1 Å². The quantitative estimate of drug-likeness (QED) is 0.494. The summed E-state index contributed by atoms with van der Waals surface area (Å²) in [5.74, 6) is -0.370. The van der Waals surface area contributed by atoms with Crippen LogP contribution >= 0.6 is 22.9 Å². The topological polar surface area (TPSA) is 76.9 Å². The molecule has 0 aliphatic heterocycles. The van der Waals surface area contributed by atoms with Gasteiger partial charge in [-0.25, -0.2) is 4.98 Å². The summed E-state index contributed by atoms with van der Waals surface area (Å²) in [6, 6.07) is 13.7. The van der Waals surface area contributed by atoms with Crippen LogP contribution in [-0.4, -0.2) is 20.4 Å². The highest BCUT2D eigenvalue weighted by molar-refractivity contribution is 7.14. The van der Waals surface area contributed by atoms with Crippen LogP contribution in [0.2, 0.25) is 5.02 Å². The summed E-state index contributed by atoms with van der Waals surface area (Å²) in [5.41, 5.74) is 4.01. The highest BCUT2D eigenvalue weighted by atomic mass is 35.5. The Labute approximate surface area is 181 Å². The van der Waals surface area contributed by atoms with Crippen LogP contribution in [0.15, 0.2) is 64.9 Å². The van der Waals surface area contributed by atoms with E-state index in [4.69, 9.17) is 11.6 Å².